The Morgan fingerprint density at radius 3 is 2.83 bits per heavy atom. The van der Waals surface area contributed by atoms with Gasteiger partial charge in [0.25, 0.3) is 0 Å². The van der Waals surface area contributed by atoms with Crippen LogP contribution >= 0.6 is 11.3 Å². The topological polar surface area (TPSA) is 27.3 Å². The number of rotatable bonds is 6. The first kappa shape index (κ1) is 14.0. The molecule has 0 atom stereocenters. The Kier molecular flexibility index (Phi) is 5.18. The highest BCUT2D eigenvalue weighted by Crippen LogP contribution is 2.17. The van der Waals surface area contributed by atoms with Crippen LogP contribution in [0.25, 0.3) is 0 Å². The Bertz CT molecular complexity index is 329. The highest BCUT2D eigenvalue weighted by molar-refractivity contribution is 7.09. The summed E-state index contributed by atoms with van der Waals surface area (Å²) in [6, 6.07) is 4.31. The van der Waals surface area contributed by atoms with Gasteiger partial charge in [-0.25, -0.2) is 0 Å². The molecule has 18 heavy (non-hydrogen) atoms. The Morgan fingerprint density at radius 1 is 1.39 bits per heavy atom. The molecular weight excluding hydrogens is 242 g/mol. The molecule has 2 N–H and O–H groups in total. The highest BCUT2D eigenvalue weighted by Gasteiger charge is 2.22. The average Bonchev–Trinajstić information content (AvgIpc) is 2.82. The summed E-state index contributed by atoms with van der Waals surface area (Å²) in [6.07, 6.45) is 0. The van der Waals surface area contributed by atoms with Crippen molar-refractivity contribution in [2.75, 3.05) is 39.3 Å². The molecule has 1 aliphatic rings. The lowest BCUT2D eigenvalue weighted by Gasteiger charge is -2.35. The molecule has 1 aliphatic heterocycles. The predicted octanol–water partition coefficient (Wildman–Crippen LogP) is 1.77. The van der Waals surface area contributed by atoms with Crippen LogP contribution in [0.15, 0.2) is 17.5 Å². The number of piperazine rings is 1. The molecule has 1 saturated heterocycles. The minimum absolute atomic E-state index is 0.342. The van der Waals surface area contributed by atoms with Gasteiger partial charge in [-0.2, -0.15) is 0 Å². The Hall–Kier alpha value is -0.420. The van der Waals surface area contributed by atoms with E-state index in [0.717, 1.165) is 26.2 Å². The van der Waals surface area contributed by atoms with Crippen LogP contribution in [0.3, 0.4) is 0 Å². The molecule has 0 spiro atoms. The van der Waals surface area contributed by atoms with Gasteiger partial charge in [0.2, 0.25) is 0 Å². The summed E-state index contributed by atoms with van der Waals surface area (Å²) in [4.78, 5) is 4.00. The van der Waals surface area contributed by atoms with Crippen molar-refractivity contribution >= 4 is 11.3 Å². The zero-order valence-electron chi connectivity index (χ0n) is 11.5. The van der Waals surface area contributed by atoms with E-state index in [-0.39, 0.29) is 0 Å². The SMILES string of the molecule is CC(C)(CNCc1cccs1)CN1CCNCC1. The number of nitrogens with one attached hydrogen (secondary N) is 2. The standard InChI is InChI=1S/C14H25N3S/c1-14(2,12-17-7-5-15-6-8-17)11-16-10-13-4-3-9-18-13/h3-4,9,15-16H,5-8,10-12H2,1-2H3. The molecule has 2 rings (SSSR count). The molecule has 2 heterocycles. The lowest BCUT2D eigenvalue weighted by atomic mass is 9.92. The minimum Gasteiger partial charge on any atom is -0.314 e. The van der Waals surface area contributed by atoms with Crippen molar-refractivity contribution in [2.24, 2.45) is 5.41 Å². The van der Waals surface area contributed by atoms with Gasteiger partial charge in [-0.15, -0.1) is 11.3 Å². The van der Waals surface area contributed by atoms with Gasteiger partial charge in [0.05, 0.1) is 0 Å². The Morgan fingerprint density at radius 2 is 2.17 bits per heavy atom. The van der Waals surface area contributed by atoms with Crippen molar-refractivity contribution in [3.8, 4) is 0 Å². The normalized spacial score (nSPS) is 18.1. The molecule has 1 fully saturated rings. The van der Waals surface area contributed by atoms with E-state index in [0.29, 0.717) is 5.41 Å². The summed E-state index contributed by atoms with van der Waals surface area (Å²) in [6.45, 7) is 12.6. The summed E-state index contributed by atoms with van der Waals surface area (Å²) in [5.41, 5.74) is 0.342. The van der Waals surface area contributed by atoms with Crippen molar-refractivity contribution < 1.29 is 0 Å². The van der Waals surface area contributed by atoms with Gasteiger partial charge in [-0.1, -0.05) is 19.9 Å². The largest absolute Gasteiger partial charge is 0.314 e. The number of nitrogens with zero attached hydrogens (tertiary/aromatic N) is 1. The van der Waals surface area contributed by atoms with Gasteiger partial charge in [-0.05, 0) is 16.9 Å². The van der Waals surface area contributed by atoms with Crippen LogP contribution in [0.4, 0.5) is 0 Å². The molecule has 0 radical (unpaired) electrons. The van der Waals surface area contributed by atoms with Gasteiger partial charge in [0.15, 0.2) is 0 Å². The summed E-state index contributed by atoms with van der Waals surface area (Å²) in [5.74, 6) is 0. The lowest BCUT2D eigenvalue weighted by molar-refractivity contribution is 0.158. The van der Waals surface area contributed by atoms with E-state index in [1.54, 1.807) is 0 Å². The molecule has 102 valence electrons. The fourth-order valence-electron chi connectivity index (χ4n) is 2.47. The number of hydrogen-bond donors (Lipinski definition) is 2. The molecule has 0 bridgehead atoms. The zero-order chi connectivity index (χ0) is 12.8. The Balaban J connectivity index is 1.69. The summed E-state index contributed by atoms with van der Waals surface area (Å²) in [7, 11) is 0. The van der Waals surface area contributed by atoms with E-state index in [1.807, 2.05) is 11.3 Å². The molecular formula is C14H25N3S. The van der Waals surface area contributed by atoms with E-state index in [4.69, 9.17) is 0 Å². The van der Waals surface area contributed by atoms with Gasteiger partial charge >= 0.3 is 0 Å². The van der Waals surface area contributed by atoms with Crippen LogP contribution in [0, 0.1) is 5.41 Å². The third-order valence-corrected chi connectivity index (χ3v) is 4.22. The zero-order valence-corrected chi connectivity index (χ0v) is 12.4. The molecule has 0 amide bonds. The summed E-state index contributed by atoms with van der Waals surface area (Å²) < 4.78 is 0. The quantitative estimate of drug-likeness (QED) is 0.822. The molecule has 3 nitrogen and oxygen atoms in total. The molecule has 0 aromatic carbocycles. The van der Waals surface area contributed by atoms with Crippen LogP contribution in [-0.2, 0) is 6.54 Å². The van der Waals surface area contributed by atoms with Crippen molar-refractivity contribution in [3.63, 3.8) is 0 Å². The van der Waals surface area contributed by atoms with Crippen molar-refractivity contribution in [1.82, 2.24) is 15.5 Å². The average molecular weight is 267 g/mol. The summed E-state index contributed by atoms with van der Waals surface area (Å²) >= 11 is 1.83. The van der Waals surface area contributed by atoms with E-state index < -0.39 is 0 Å². The van der Waals surface area contributed by atoms with Crippen LogP contribution in [0.1, 0.15) is 18.7 Å². The maximum Gasteiger partial charge on any atom is 0.0299 e. The second-order valence-corrected chi connectivity index (χ2v) is 6.91. The van der Waals surface area contributed by atoms with Crippen molar-refractivity contribution in [2.45, 2.75) is 20.4 Å². The first-order valence-electron chi connectivity index (χ1n) is 6.82. The third kappa shape index (κ3) is 4.69. The number of thiophene rings is 1. The van der Waals surface area contributed by atoms with Crippen LogP contribution < -0.4 is 10.6 Å². The van der Waals surface area contributed by atoms with E-state index in [9.17, 15) is 0 Å². The lowest BCUT2D eigenvalue weighted by Crippen LogP contribution is -2.48. The van der Waals surface area contributed by atoms with Crippen LogP contribution in [0.2, 0.25) is 0 Å². The van der Waals surface area contributed by atoms with Crippen LogP contribution in [-0.4, -0.2) is 44.2 Å². The van der Waals surface area contributed by atoms with Crippen LogP contribution in [0.5, 0.6) is 0 Å². The predicted molar refractivity (Wildman–Crippen MR) is 79.1 cm³/mol. The minimum atomic E-state index is 0.342. The molecule has 0 unspecified atom stereocenters. The molecule has 4 heteroatoms. The van der Waals surface area contributed by atoms with Crippen molar-refractivity contribution in [3.05, 3.63) is 22.4 Å². The highest BCUT2D eigenvalue weighted by atomic mass is 32.1. The molecule has 0 saturated carbocycles. The van der Waals surface area contributed by atoms with Gasteiger partial charge < -0.3 is 15.5 Å². The molecule has 0 aliphatic carbocycles. The van der Waals surface area contributed by atoms with Crippen molar-refractivity contribution in [1.29, 1.82) is 0 Å². The Labute approximate surface area is 115 Å². The molecule has 1 aromatic heterocycles. The third-order valence-electron chi connectivity index (χ3n) is 3.34. The second-order valence-electron chi connectivity index (χ2n) is 5.87. The fourth-order valence-corrected chi connectivity index (χ4v) is 3.14. The fraction of sp³-hybridized carbons (Fsp3) is 0.714. The maximum atomic E-state index is 3.59. The molecule has 1 aromatic rings. The van der Waals surface area contributed by atoms with Gasteiger partial charge in [0.1, 0.15) is 0 Å². The van der Waals surface area contributed by atoms with Gasteiger partial charge in [-0.3, -0.25) is 0 Å². The van der Waals surface area contributed by atoms with E-state index in [2.05, 4.69) is 46.9 Å². The maximum absolute atomic E-state index is 3.59. The van der Waals surface area contributed by atoms with Gasteiger partial charge in [0, 0.05) is 50.7 Å². The first-order valence-corrected chi connectivity index (χ1v) is 7.70. The monoisotopic (exact) mass is 267 g/mol. The van der Waals surface area contributed by atoms with E-state index in [1.165, 1.54) is 24.5 Å². The number of hydrogen-bond acceptors (Lipinski definition) is 4. The second kappa shape index (κ2) is 6.66. The first-order chi connectivity index (χ1) is 8.66. The summed E-state index contributed by atoms with van der Waals surface area (Å²) in [5, 5.41) is 9.13. The van der Waals surface area contributed by atoms with E-state index >= 15 is 0 Å². The smallest absolute Gasteiger partial charge is 0.0299 e.